The van der Waals surface area contributed by atoms with Crippen LogP contribution < -0.4 is 10.0 Å². The van der Waals surface area contributed by atoms with Crippen molar-refractivity contribution in [3.8, 4) is 11.1 Å². The number of amides is 2. The Morgan fingerprint density at radius 1 is 1.18 bits per heavy atom. The maximum absolute atomic E-state index is 15.6. The molecule has 33 heavy (non-hydrogen) atoms. The highest BCUT2D eigenvalue weighted by atomic mass is 32.2. The molecule has 2 amide bonds. The van der Waals surface area contributed by atoms with Gasteiger partial charge in [-0.25, -0.2) is 22.3 Å². The van der Waals surface area contributed by atoms with Crippen LogP contribution in [0.15, 0.2) is 48.5 Å². The third-order valence-electron chi connectivity index (χ3n) is 6.60. The van der Waals surface area contributed by atoms with Gasteiger partial charge in [0, 0.05) is 37.2 Å². The number of carbonyl (C=O) groups excluding carboxylic acids is 1. The van der Waals surface area contributed by atoms with Gasteiger partial charge in [0.05, 0.1) is 18.9 Å². The largest absolute Gasteiger partial charge is 0.383 e. The molecule has 178 valence electrons. The van der Waals surface area contributed by atoms with E-state index in [1.807, 2.05) is 30.3 Å². The van der Waals surface area contributed by atoms with Gasteiger partial charge in [-0.15, -0.1) is 0 Å². The molecule has 0 radical (unpaired) electrons. The Bertz CT molecular complexity index is 1110. The zero-order valence-corrected chi connectivity index (χ0v) is 19.7. The molecule has 0 unspecified atom stereocenters. The topological polar surface area (TPSA) is 87.7 Å². The lowest BCUT2D eigenvalue weighted by atomic mass is 9.91. The molecular weight excluding hydrogens is 445 g/mol. The highest BCUT2D eigenvalue weighted by molar-refractivity contribution is 7.88. The molecule has 1 heterocycles. The van der Waals surface area contributed by atoms with Crippen LogP contribution in [0.1, 0.15) is 18.4 Å². The van der Waals surface area contributed by atoms with E-state index in [1.54, 1.807) is 30.2 Å². The van der Waals surface area contributed by atoms with E-state index < -0.39 is 22.1 Å². The summed E-state index contributed by atoms with van der Waals surface area (Å²) in [5, 5.41) is 2.83. The Morgan fingerprint density at radius 2 is 1.91 bits per heavy atom. The minimum atomic E-state index is -3.52. The molecule has 1 spiro atoms. The van der Waals surface area contributed by atoms with Crippen LogP contribution in [0.2, 0.25) is 0 Å². The van der Waals surface area contributed by atoms with Gasteiger partial charge in [0.15, 0.2) is 0 Å². The summed E-state index contributed by atoms with van der Waals surface area (Å²) in [7, 11) is -1.96. The predicted molar refractivity (Wildman–Crippen MR) is 125 cm³/mol. The number of carbonyl (C=O) groups is 1. The Balaban J connectivity index is 1.66. The second kappa shape index (κ2) is 9.40. The van der Waals surface area contributed by atoms with Crippen LogP contribution in [0.3, 0.4) is 0 Å². The molecule has 1 aliphatic carbocycles. The number of rotatable bonds is 8. The van der Waals surface area contributed by atoms with E-state index in [2.05, 4.69) is 10.0 Å². The van der Waals surface area contributed by atoms with E-state index in [-0.39, 0.29) is 23.7 Å². The molecule has 2 aliphatic rings. The minimum Gasteiger partial charge on any atom is -0.383 e. The van der Waals surface area contributed by atoms with Gasteiger partial charge in [0.1, 0.15) is 5.82 Å². The number of hydrogen-bond acceptors (Lipinski definition) is 4. The van der Waals surface area contributed by atoms with Crippen LogP contribution in [0.5, 0.6) is 0 Å². The van der Waals surface area contributed by atoms with Crippen molar-refractivity contribution in [2.45, 2.75) is 31.3 Å². The molecule has 2 fully saturated rings. The molecule has 9 heteroatoms. The highest BCUT2D eigenvalue weighted by Gasteiger charge is 2.61. The van der Waals surface area contributed by atoms with Gasteiger partial charge < -0.3 is 15.0 Å². The molecule has 1 saturated carbocycles. The summed E-state index contributed by atoms with van der Waals surface area (Å²) < 4.78 is 47.7. The fourth-order valence-corrected chi connectivity index (χ4v) is 5.69. The Kier molecular flexibility index (Phi) is 6.74. The van der Waals surface area contributed by atoms with Crippen molar-refractivity contribution in [1.82, 2.24) is 14.9 Å². The minimum absolute atomic E-state index is 0.207. The lowest BCUT2D eigenvalue weighted by Crippen LogP contribution is -2.51. The van der Waals surface area contributed by atoms with Crippen LogP contribution in [0.25, 0.3) is 11.1 Å². The fourth-order valence-electron chi connectivity index (χ4n) is 4.82. The second-order valence-corrected chi connectivity index (χ2v) is 10.8. The number of nitrogens with zero attached hydrogens (tertiary/aromatic N) is 1. The summed E-state index contributed by atoms with van der Waals surface area (Å²) in [6.45, 7) is 1.14. The first-order valence-electron chi connectivity index (χ1n) is 11.1. The van der Waals surface area contributed by atoms with Gasteiger partial charge in [-0.3, -0.25) is 0 Å². The maximum atomic E-state index is 15.6. The van der Waals surface area contributed by atoms with Crippen LogP contribution in [0, 0.1) is 11.2 Å². The first kappa shape index (κ1) is 23.7. The van der Waals surface area contributed by atoms with Crippen molar-refractivity contribution in [2.75, 3.05) is 33.1 Å². The predicted octanol–water partition coefficient (Wildman–Crippen LogP) is 2.77. The second-order valence-electron chi connectivity index (χ2n) is 9.00. The van der Waals surface area contributed by atoms with Crippen molar-refractivity contribution in [2.24, 2.45) is 5.41 Å². The summed E-state index contributed by atoms with van der Waals surface area (Å²) in [6.07, 6.45) is 2.98. The molecular formula is C24H30FN3O4S. The lowest BCUT2D eigenvalue weighted by molar-refractivity contribution is 0.173. The van der Waals surface area contributed by atoms with Crippen LogP contribution in [-0.2, 0) is 21.2 Å². The van der Waals surface area contributed by atoms with Gasteiger partial charge in [0.2, 0.25) is 10.0 Å². The highest BCUT2D eigenvalue weighted by Crippen LogP contribution is 2.55. The number of urea groups is 1. The monoisotopic (exact) mass is 475 g/mol. The van der Waals surface area contributed by atoms with Crippen molar-refractivity contribution in [3.63, 3.8) is 0 Å². The zero-order chi connectivity index (χ0) is 23.6. The summed E-state index contributed by atoms with van der Waals surface area (Å²) in [5.74, 6) is -0.349. The number of nitrogens with one attached hydrogen (secondary N) is 2. The van der Waals surface area contributed by atoms with Crippen LogP contribution >= 0.6 is 0 Å². The number of benzene rings is 2. The van der Waals surface area contributed by atoms with E-state index in [4.69, 9.17) is 4.74 Å². The molecule has 0 aromatic heterocycles. The maximum Gasteiger partial charge on any atom is 0.317 e. The number of likely N-dealkylation sites (tertiary alicyclic amines) is 1. The summed E-state index contributed by atoms with van der Waals surface area (Å²) in [6, 6.07) is 13.2. The van der Waals surface area contributed by atoms with Crippen LogP contribution in [0.4, 0.5) is 9.18 Å². The number of methoxy groups -OCH3 is 1. The SMILES string of the molecule is COCCNC(=O)N1CC2(CC2)[C@H](NS(C)(=O)=O)[C@@H]1Cc1cccc(-c2ccccc2)c1F. The standard InChI is InChI=1S/C24H30FN3O4S/c1-32-14-13-26-23(29)28-16-24(11-12-24)22(27-33(2,30)31)20(28)15-18-9-6-10-19(21(18)25)17-7-4-3-5-8-17/h3-10,20,22,27H,11-16H2,1-2H3,(H,26,29)/t20-,22+/m0/s1. The van der Waals surface area contributed by atoms with Gasteiger partial charge >= 0.3 is 6.03 Å². The Labute approximate surface area is 194 Å². The molecule has 2 atom stereocenters. The molecule has 1 saturated heterocycles. The molecule has 1 aliphatic heterocycles. The zero-order valence-electron chi connectivity index (χ0n) is 18.9. The quantitative estimate of drug-likeness (QED) is 0.575. The normalized spacial score (nSPS) is 21.4. The average molecular weight is 476 g/mol. The van der Waals surface area contributed by atoms with E-state index >= 15 is 4.39 Å². The van der Waals surface area contributed by atoms with Gasteiger partial charge in [-0.1, -0.05) is 48.5 Å². The third kappa shape index (κ3) is 5.20. The number of ether oxygens (including phenoxy) is 1. The number of sulfonamides is 1. The van der Waals surface area contributed by atoms with Crippen molar-refractivity contribution >= 4 is 16.1 Å². The fraction of sp³-hybridized carbons (Fsp3) is 0.458. The molecule has 2 aromatic rings. The van der Waals surface area contributed by atoms with Crippen molar-refractivity contribution in [1.29, 1.82) is 0 Å². The van der Waals surface area contributed by atoms with E-state index in [0.717, 1.165) is 24.7 Å². The van der Waals surface area contributed by atoms with E-state index in [0.29, 0.717) is 30.8 Å². The van der Waals surface area contributed by atoms with Gasteiger partial charge in [-0.05, 0) is 30.4 Å². The Morgan fingerprint density at radius 3 is 2.55 bits per heavy atom. The smallest absolute Gasteiger partial charge is 0.317 e. The molecule has 0 bridgehead atoms. The molecule has 2 aromatic carbocycles. The van der Waals surface area contributed by atoms with Crippen molar-refractivity contribution in [3.05, 3.63) is 59.9 Å². The number of halogens is 1. The third-order valence-corrected chi connectivity index (χ3v) is 7.28. The molecule has 7 nitrogen and oxygen atoms in total. The number of hydrogen-bond donors (Lipinski definition) is 2. The summed E-state index contributed by atoms with van der Waals surface area (Å²) in [5.41, 5.74) is 1.40. The van der Waals surface area contributed by atoms with E-state index in [1.165, 1.54) is 0 Å². The van der Waals surface area contributed by atoms with E-state index in [9.17, 15) is 13.2 Å². The summed E-state index contributed by atoms with van der Waals surface area (Å²) >= 11 is 0. The first-order chi connectivity index (χ1) is 15.7. The van der Waals surface area contributed by atoms with Gasteiger partial charge in [-0.2, -0.15) is 0 Å². The first-order valence-corrected chi connectivity index (χ1v) is 13.0. The average Bonchev–Trinajstić information content (AvgIpc) is 3.50. The Hall–Kier alpha value is -2.49. The summed E-state index contributed by atoms with van der Waals surface area (Å²) in [4.78, 5) is 14.7. The lowest BCUT2D eigenvalue weighted by Gasteiger charge is -2.29. The van der Waals surface area contributed by atoms with Crippen molar-refractivity contribution < 1.29 is 22.3 Å². The molecule has 4 rings (SSSR count). The molecule has 2 N–H and O–H groups in total. The van der Waals surface area contributed by atoms with Gasteiger partial charge in [0.25, 0.3) is 0 Å². The van der Waals surface area contributed by atoms with Crippen LogP contribution in [-0.4, -0.2) is 64.5 Å².